The van der Waals surface area contributed by atoms with Crippen LogP contribution in [-0.4, -0.2) is 9.55 Å². The van der Waals surface area contributed by atoms with E-state index in [4.69, 9.17) is 5.73 Å². The van der Waals surface area contributed by atoms with Gasteiger partial charge in [0.1, 0.15) is 11.6 Å². The number of hydrogen-bond donors (Lipinski definition) is 1. The monoisotopic (exact) mass is 209 g/mol. The van der Waals surface area contributed by atoms with Crippen LogP contribution in [0.2, 0.25) is 0 Å². The first kappa shape index (κ1) is 12.1. The van der Waals surface area contributed by atoms with Crippen molar-refractivity contribution in [3.05, 3.63) is 11.5 Å². The van der Waals surface area contributed by atoms with Gasteiger partial charge < -0.3 is 10.3 Å². The Morgan fingerprint density at radius 1 is 1.20 bits per heavy atom. The van der Waals surface area contributed by atoms with Crippen molar-refractivity contribution in [3.63, 3.8) is 0 Å². The summed E-state index contributed by atoms with van der Waals surface area (Å²) in [5, 5.41) is 0. The van der Waals surface area contributed by atoms with Gasteiger partial charge in [-0.25, -0.2) is 4.98 Å². The number of hydrogen-bond acceptors (Lipinski definition) is 2. The van der Waals surface area contributed by atoms with Crippen LogP contribution in [0, 0.1) is 0 Å². The first-order chi connectivity index (χ1) is 7.24. The first-order valence-corrected chi connectivity index (χ1v) is 6.08. The summed E-state index contributed by atoms with van der Waals surface area (Å²) in [5.74, 6) is 2.03. The van der Waals surface area contributed by atoms with Gasteiger partial charge in [0.05, 0.1) is 5.69 Å². The molecule has 3 heteroatoms. The molecule has 0 saturated carbocycles. The third kappa shape index (κ3) is 2.74. The quantitative estimate of drug-likeness (QED) is 0.783. The van der Waals surface area contributed by atoms with Gasteiger partial charge in [-0.15, -0.1) is 0 Å². The van der Waals surface area contributed by atoms with Crippen LogP contribution in [0.25, 0.3) is 0 Å². The fourth-order valence-electron chi connectivity index (χ4n) is 1.84. The number of nitrogens with zero attached hydrogens (tertiary/aromatic N) is 2. The number of nitrogen functional groups attached to an aromatic ring is 1. The molecule has 0 atom stereocenters. The van der Waals surface area contributed by atoms with Crippen molar-refractivity contribution in [3.8, 4) is 0 Å². The molecule has 15 heavy (non-hydrogen) atoms. The Morgan fingerprint density at radius 3 is 2.47 bits per heavy atom. The van der Waals surface area contributed by atoms with Gasteiger partial charge in [0, 0.05) is 13.0 Å². The van der Waals surface area contributed by atoms with Crippen LogP contribution in [0.1, 0.15) is 51.6 Å². The molecule has 0 fully saturated rings. The number of aryl methyl sites for hydroxylation is 2. The van der Waals surface area contributed by atoms with E-state index >= 15 is 0 Å². The summed E-state index contributed by atoms with van der Waals surface area (Å²) < 4.78 is 2.17. The molecule has 0 aromatic carbocycles. The van der Waals surface area contributed by atoms with Gasteiger partial charge in [0.2, 0.25) is 0 Å². The number of nitrogens with two attached hydrogens (primary N) is 1. The van der Waals surface area contributed by atoms with Crippen LogP contribution < -0.4 is 5.73 Å². The number of imidazole rings is 1. The van der Waals surface area contributed by atoms with Crippen molar-refractivity contribution in [1.29, 1.82) is 0 Å². The van der Waals surface area contributed by atoms with E-state index in [-0.39, 0.29) is 0 Å². The van der Waals surface area contributed by atoms with Crippen molar-refractivity contribution in [2.24, 2.45) is 0 Å². The number of aromatic nitrogens is 2. The molecule has 0 amide bonds. The van der Waals surface area contributed by atoms with Crippen molar-refractivity contribution < 1.29 is 0 Å². The van der Waals surface area contributed by atoms with Crippen LogP contribution in [0.3, 0.4) is 0 Å². The molecule has 0 aliphatic rings. The van der Waals surface area contributed by atoms with Gasteiger partial charge in [0.15, 0.2) is 0 Å². The molecule has 0 aliphatic heterocycles. The van der Waals surface area contributed by atoms with Crippen molar-refractivity contribution >= 4 is 5.82 Å². The lowest BCUT2D eigenvalue weighted by Crippen LogP contribution is -2.06. The van der Waals surface area contributed by atoms with E-state index in [0.29, 0.717) is 0 Å². The second-order valence-electron chi connectivity index (χ2n) is 3.97. The molecule has 2 N–H and O–H groups in total. The minimum atomic E-state index is 0.891. The topological polar surface area (TPSA) is 43.8 Å². The number of unbranched alkanes of at least 4 members (excludes halogenated alkanes) is 1. The zero-order chi connectivity index (χ0) is 11.3. The standard InChI is InChI=1S/C12H23N3/c1-4-7-8-10-12(13)15(9-5-2)11(6-3)14-10/h4-9,13H2,1-3H3. The van der Waals surface area contributed by atoms with Gasteiger partial charge in [-0.05, 0) is 19.3 Å². The molecule has 0 saturated heterocycles. The minimum absolute atomic E-state index is 0.891. The lowest BCUT2D eigenvalue weighted by atomic mass is 10.2. The summed E-state index contributed by atoms with van der Waals surface area (Å²) >= 11 is 0. The van der Waals surface area contributed by atoms with E-state index in [2.05, 4.69) is 30.3 Å². The summed E-state index contributed by atoms with van der Waals surface area (Å²) in [6.07, 6.45) is 5.47. The fourth-order valence-corrected chi connectivity index (χ4v) is 1.84. The summed E-state index contributed by atoms with van der Waals surface area (Å²) in [4.78, 5) is 4.62. The fraction of sp³-hybridized carbons (Fsp3) is 0.750. The predicted molar refractivity (Wildman–Crippen MR) is 64.9 cm³/mol. The zero-order valence-electron chi connectivity index (χ0n) is 10.2. The minimum Gasteiger partial charge on any atom is -0.384 e. The Morgan fingerprint density at radius 2 is 1.93 bits per heavy atom. The van der Waals surface area contributed by atoms with Crippen LogP contribution >= 0.6 is 0 Å². The highest BCUT2D eigenvalue weighted by molar-refractivity contribution is 5.38. The smallest absolute Gasteiger partial charge is 0.126 e. The Labute approximate surface area is 92.7 Å². The molecule has 0 bridgehead atoms. The van der Waals surface area contributed by atoms with Crippen molar-refractivity contribution in [1.82, 2.24) is 9.55 Å². The normalized spacial score (nSPS) is 10.9. The molecular formula is C12H23N3. The summed E-state index contributed by atoms with van der Waals surface area (Å²) in [6, 6.07) is 0. The molecule has 86 valence electrons. The molecule has 0 unspecified atom stereocenters. The van der Waals surface area contributed by atoms with Crippen LogP contribution in [0.15, 0.2) is 0 Å². The maximum absolute atomic E-state index is 6.11. The molecule has 0 aliphatic carbocycles. The summed E-state index contributed by atoms with van der Waals surface area (Å²) in [5.41, 5.74) is 7.21. The Balaban J connectivity index is 2.88. The maximum atomic E-state index is 6.11. The zero-order valence-corrected chi connectivity index (χ0v) is 10.2. The van der Waals surface area contributed by atoms with E-state index in [0.717, 1.165) is 43.1 Å². The predicted octanol–water partition coefficient (Wildman–Crippen LogP) is 2.78. The van der Waals surface area contributed by atoms with E-state index in [1.54, 1.807) is 0 Å². The highest BCUT2D eigenvalue weighted by Gasteiger charge is 2.11. The van der Waals surface area contributed by atoms with Gasteiger partial charge >= 0.3 is 0 Å². The van der Waals surface area contributed by atoms with Gasteiger partial charge in [0.25, 0.3) is 0 Å². The number of rotatable bonds is 6. The maximum Gasteiger partial charge on any atom is 0.126 e. The number of anilines is 1. The molecule has 1 aromatic rings. The average molecular weight is 209 g/mol. The van der Waals surface area contributed by atoms with Crippen LogP contribution in [0.4, 0.5) is 5.82 Å². The van der Waals surface area contributed by atoms with Crippen LogP contribution in [-0.2, 0) is 19.4 Å². The van der Waals surface area contributed by atoms with Crippen molar-refractivity contribution in [2.75, 3.05) is 5.73 Å². The molecule has 1 heterocycles. The van der Waals surface area contributed by atoms with Gasteiger partial charge in [-0.1, -0.05) is 27.2 Å². The molecule has 1 aromatic heterocycles. The van der Waals surface area contributed by atoms with Gasteiger partial charge in [-0.3, -0.25) is 0 Å². The molecule has 0 radical (unpaired) electrons. The largest absolute Gasteiger partial charge is 0.384 e. The molecule has 0 spiro atoms. The summed E-state index contributed by atoms with van der Waals surface area (Å²) in [6.45, 7) is 7.50. The Hall–Kier alpha value is -0.990. The highest BCUT2D eigenvalue weighted by Crippen LogP contribution is 2.17. The van der Waals surface area contributed by atoms with E-state index in [1.165, 1.54) is 12.8 Å². The lowest BCUT2D eigenvalue weighted by Gasteiger charge is -2.06. The highest BCUT2D eigenvalue weighted by atomic mass is 15.1. The molecular weight excluding hydrogens is 186 g/mol. The lowest BCUT2D eigenvalue weighted by molar-refractivity contribution is 0.650. The Kier molecular flexibility index (Phi) is 4.66. The molecule has 1 rings (SSSR count). The first-order valence-electron chi connectivity index (χ1n) is 6.08. The third-order valence-corrected chi connectivity index (χ3v) is 2.69. The second kappa shape index (κ2) is 5.79. The second-order valence-corrected chi connectivity index (χ2v) is 3.97. The Bertz CT molecular complexity index is 302. The SMILES string of the molecule is CCCCc1nc(CC)n(CCC)c1N. The van der Waals surface area contributed by atoms with Gasteiger partial charge in [-0.2, -0.15) is 0 Å². The summed E-state index contributed by atoms with van der Waals surface area (Å²) in [7, 11) is 0. The third-order valence-electron chi connectivity index (χ3n) is 2.69. The van der Waals surface area contributed by atoms with Crippen molar-refractivity contribution in [2.45, 2.75) is 59.4 Å². The van der Waals surface area contributed by atoms with E-state index in [9.17, 15) is 0 Å². The molecule has 3 nitrogen and oxygen atoms in total. The van der Waals surface area contributed by atoms with E-state index < -0.39 is 0 Å². The average Bonchev–Trinajstić information content (AvgIpc) is 2.54. The van der Waals surface area contributed by atoms with Crippen LogP contribution in [0.5, 0.6) is 0 Å². The van der Waals surface area contributed by atoms with E-state index in [1.807, 2.05) is 0 Å².